The molecule has 0 N–H and O–H groups in total. The molecule has 0 spiro atoms. The quantitative estimate of drug-likeness (QED) is 0.766. The first-order chi connectivity index (χ1) is 9.25. The van der Waals surface area contributed by atoms with Gasteiger partial charge in [-0.3, -0.25) is 4.79 Å². The molecule has 2 atom stereocenters. The van der Waals surface area contributed by atoms with Gasteiger partial charge in [-0.1, -0.05) is 30.3 Å². The van der Waals surface area contributed by atoms with Crippen LogP contribution in [0.5, 0.6) is 0 Å². The Morgan fingerprint density at radius 3 is 2.89 bits per heavy atom. The summed E-state index contributed by atoms with van der Waals surface area (Å²) in [6.45, 7) is 3.13. The summed E-state index contributed by atoms with van der Waals surface area (Å²) in [6.07, 6.45) is 1.44. The lowest BCUT2D eigenvalue weighted by Crippen LogP contribution is -2.40. The third-order valence-corrected chi connectivity index (χ3v) is 3.09. The fourth-order valence-electron chi connectivity index (χ4n) is 2.18. The highest BCUT2D eigenvalue weighted by molar-refractivity contribution is 5.66. The molecule has 104 valence electrons. The molecule has 1 aliphatic rings. The Kier molecular flexibility index (Phi) is 5.36. The van der Waals surface area contributed by atoms with Gasteiger partial charge >= 0.3 is 5.97 Å². The van der Waals surface area contributed by atoms with Crippen LogP contribution in [0.3, 0.4) is 0 Å². The van der Waals surface area contributed by atoms with E-state index in [1.165, 1.54) is 6.92 Å². The minimum Gasteiger partial charge on any atom is -0.460 e. The lowest BCUT2D eigenvalue weighted by Gasteiger charge is -2.30. The van der Waals surface area contributed by atoms with Gasteiger partial charge in [0, 0.05) is 13.5 Å². The average molecular weight is 264 g/mol. The Hall–Kier alpha value is -1.39. The number of hydrogen-bond acceptors (Lipinski definition) is 4. The van der Waals surface area contributed by atoms with E-state index in [1.54, 1.807) is 0 Å². The van der Waals surface area contributed by atoms with Gasteiger partial charge in [-0.2, -0.15) is 0 Å². The van der Waals surface area contributed by atoms with Gasteiger partial charge in [-0.05, 0) is 18.4 Å². The van der Waals surface area contributed by atoms with E-state index in [2.05, 4.69) is 0 Å². The predicted molar refractivity (Wildman–Crippen MR) is 70.6 cm³/mol. The predicted octanol–water partition coefficient (Wildman–Crippen LogP) is 2.31. The molecule has 0 bridgehead atoms. The van der Waals surface area contributed by atoms with Gasteiger partial charge < -0.3 is 14.2 Å². The minimum atomic E-state index is -0.261. The fourth-order valence-corrected chi connectivity index (χ4v) is 2.18. The molecule has 0 radical (unpaired) electrons. The lowest BCUT2D eigenvalue weighted by molar-refractivity contribution is -0.167. The van der Waals surface area contributed by atoms with Crippen LogP contribution in [-0.4, -0.2) is 31.4 Å². The van der Waals surface area contributed by atoms with E-state index in [9.17, 15) is 4.79 Å². The number of ether oxygens (including phenoxy) is 3. The number of benzene rings is 1. The molecule has 1 aliphatic heterocycles. The van der Waals surface area contributed by atoms with E-state index < -0.39 is 0 Å². The van der Waals surface area contributed by atoms with Crippen molar-refractivity contribution in [1.82, 2.24) is 0 Å². The molecule has 4 heteroatoms. The smallest absolute Gasteiger partial charge is 0.302 e. The molecule has 0 aliphatic carbocycles. The summed E-state index contributed by atoms with van der Waals surface area (Å²) in [7, 11) is 0. The normalized spacial score (nSPS) is 23.0. The van der Waals surface area contributed by atoms with Gasteiger partial charge in [0.15, 0.2) is 0 Å². The zero-order valence-corrected chi connectivity index (χ0v) is 11.2. The molecule has 1 aromatic carbocycles. The van der Waals surface area contributed by atoms with Crippen molar-refractivity contribution < 1.29 is 19.0 Å². The molecule has 1 aromatic rings. The molecule has 19 heavy (non-hydrogen) atoms. The summed E-state index contributed by atoms with van der Waals surface area (Å²) < 4.78 is 16.5. The highest BCUT2D eigenvalue weighted by atomic mass is 16.6. The van der Waals surface area contributed by atoms with Crippen molar-refractivity contribution in [2.24, 2.45) is 0 Å². The average Bonchev–Trinajstić information content (AvgIpc) is 2.41. The highest BCUT2D eigenvalue weighted by Gasteiger charge is 2.28. The standard InChI is InChI=1S/C15H20O4/c1-12(16)19-14-8-5-9-18-15(14)11-17-10-13-6-3-2-4-7-13/h2-4,6-7,14-15H,5,8-11H2,1H3/t14-,15+/m1/s1. The Bertz CT molecular complexity index is 390. The largest absolute Gasteiger partial charge is 0.460 e. The van der Waals surface area contributed by atoms with Crippen molar-refractivity contribution in [3.05, 3.63) is 35.9 Å². The van der Waals surface area contributed by atoms with Crippen LogP contribution >= 0.6 is 0 Å². The first kappa shape index (κ1) is 14.0. The van der Waals surface area contributed by atoms with Gasteiger partial charge in [0.2, 0.25) is 0 Å². The van der Waals surface area contributed by atoms with E-state index in [0.29, 0.717) is 19.8 Å². The van der Waals surface area contributed by atoms with Crippen molar-refractivity contribution in [2.45, 2.75) is 38.6 Å². The second kappa shape index (κ2) is 7.26. The van der Waals surface area contributed by atoms with Gasteiger partial charge in [-0.25, -0.2) is 0 Å². The van der Waals surface area contributed by atoms with Gasteiger partial charge in [0.1, 0.15) is 12.2 Å². The summed E-state index contributed by atoms with van der Waals surface area (Å²) in [4.78, 5) is 11.0. The molecule has 0 unspecified atom stereocenters. The molecule has 0 aromatic heterocycles. The Morgan fingerprint density at radius 2 is 2.16 bits per heavy atom. The van der Waals surface area contributed by atoms with Crippen LogP contribution in [0.25, 0.3) is 0 Å². The number of rotatable bonds is 5. The van der Waals surface area contributed by atoms with Crippen LogP contribution in [0.4, 0.5) is 0 Å². The first-order valence-corrected chi connectivity index (χ1v) is 6.66. The zero-order chi connectivity index (χ0) is 13.5. The monoisotopic (exact) mass is 264 g/mol. The summed E-state index contributed by atoms with van der Waals surface area (Å²) >= 11 is 0. The van der Waals surface area contributed by atoms with Crippen LogP contribution in [0.1, 0.15) is 25.3 Å². The van der Waals surface area contributed by atoms with Crippen LogP contribution in [0.2, 0.25) is 0 Å². The summed E-state index contributed by atoms with van der Waals surface area (Å²) in [5.41, 5.74) is 1.13. The third-order valence-electron chi connectivity index (χ3n) is 3.09. The van der Waals surface area contributed by atoms with E-state index in [4.69, 9.17) is 14.2 Å². The van der Waals surface area contributed by atoms with E-state index in [1.807, 2.05) is 30.3 Å². The maximum atomic E-state index is 11.0. The lowest BCUT2D eigenvalue weighted by atomic mass is 10.1. The Balaban J connectivity index is 1.78. The Morgan fingerprint density at radius 1 is 1.37 bits per heavy atom. The fraction of sp³-hybridized carbons (Fsp3) is 0.533. The summed E-state index contributed by atoms with van der Waals surface area (Å²) in [6, 6.07) is 9.98. The number of hydrogen-bond donors (Lipinski definition) is 0. The first-order valence-electron chi connectivity index (χ1n) is 6.66. The maximum absolute atomic E-state index is 11.0. The molecule has 1 fully saturated rings. The molecule has 1 saturated heterocycles. The van der Waals surface area contributed by atoms with Crippen LogP contribution in [-0.2, 0) is 25.6 Å². The second-order valence-electron chi connectivity index (χ2n) is 4.70. The van der Waals surface area contributed by atoms with Crippen molar-refractivity contribution in [1.29, 1.82) is 0 Å². The highest BCUT2D eigenvalue weighted by Crippen LogP contribution is 2.18. The van der Waals surface area contributed by atoms with E-state index in [-0.39, 0.29) is 18.2 Å². The van der Waals surface area contributed by atoms with E-state index >= 15 is 0 Å². The Labute approximate surface area is 113 Å². The second-order valence-corrected chi connectivity index (χ2v) is 4.70. The van der Waals surface area contributed by atoms with Crippen LogP contribution < -0.4 is 0 Å². The SMILES string of the molecule is CC(=O)O[C@@H]1CCCO[C@H]1COCc1ccccc1. The van der Waals surface area contributed by atoms with Gasteiger partial charge in [0.05, 0.1) is 13.2 Å². The summed E-state index contributed by atoms with van der Waals surface area (Å²) in [5.74, 6) is -0.261. The molecule has 4 nitrogen and oxygen atoms in total. The topological polar surface area (TPSA) is 44.8 Å². The van der Waals surface area contributed by atoms with Crippen molar-refractivity contribution >= 4 is 5.97 Å². The minimum absolute atomic E-state index is 0.152. The van der Waals surface area contributed by atoms with Crippen molar-refractivity contribution in [3.8, 4) is 0 Å². The molecule has 0 amide bonds. The summed E-state index contributed by atoms with van der Waals surface area (Å²) in [5, 5.41) is 0. The molecule has 0 saturated carbocycles. The molecular formula is C15H20O4. The van der Waals surface area contributed by atoms with Gasteiger partial charge in [0.25, 0.3) is 0 Å². The van der Waals surface area contributed by atoms with E-state index in [0.717, 1.165) is 18.4 Å². The maximum Gasteiger partial charge on any atom is 0.302 e. The van der Waals surface area contributed by atoms with Crippen LogP contribution in [0.15, 0.2) is 30.3 Å². The van der Waals surface area contributed by atoms with Crippen LogP contribution in [0, 0.1) is 0 Å². The molecular weight excluding hydrogens is 244 g/mol. The van der Waals surface area contributed by atoms with Crippen molar-refractivity contribution in [2.75, 3.05) is 13.2 Å². The zero-order valence-electron chi connectivity index (χ0n) is 11.2. The number of carbonyl (C=O) groups is 1. The number of carbonyl (C=O) groups excluding carboxylic acids is 1. The molecule has 2 rings (SSSR count). The molecule has 1 heterocycles. The van der Waals surface area contributed by atoms with Crippen molar-refractivity contribution in [3.63, 3.8) is 0 Å². The van der Waals surface area contributed by atoms with Gasteiger partial charge in [-0.15, -0.1) is 0 Å². The third kappa shape index (κ3) is 4.65. The number of esters is 1.